The summed E-state index contributed by atoms with van der Waals surface area (Å²) >= 11 is 0. The fourth-order valence-electron chi connectivity index (χ4n) is 8.54. The molecule has 0 N–H and O–H groups in total. The van der Waals surface area contributed by atoms with Crippen LogP contribution in [0.15, 0.2) is 36.4 Å². The van der Waals surface area contributed by atoms with Crippen molar-refractivity contribution < 1.29 is 27.9 Å². The van der Waals surface area contributed by atoms with E-state index in [0.717, 1.165) is 49.8 Å². The molecule has 0 unspecified atom stereocenters. The predicted molar refractivity (Wildman–Crippen MR) is 203 cm³/mol. The van der Waals surface area contributed by atoms with Crippen LogP contribution < -0.4 is 16.4 Å². The molecule has 0 radical (unpaired) electrons. The Balaban J connectivity index is 1.48. The van der Waals surface area contributed by atoms with Gasteiger partial charge in [-0.25, -0.2) is 0 Å². The zero-order chi connectivity index (χ0) is 38.4. The Morgan fingerprint density at radius 1 is 0.377 bits per heavy atom. The van der Waals surface area contributed by atoms with E-state index in [9.17, 15) is 15.8 Å². The lowest BCUT2D eigenvalue weighted by molar-refractivity contribution is 0.00578. The normalized spacial score (nSPS) is 25.6. The molecule has 0 amide bonds. The SMILES string of the molecule is CC1(C)OB(c2ccc(C#N)c3c2C2c4c(C#N)ccc(B5OC(C)(C)C(C)(C)O5)c4C3c3c(B4OC(C)(C)C(C)(C)O4)ccc(C#N)c32)OC1(C)C. The second-order valence-corrected chi connectivity index (χ2v) is 18.1. The first-order valence-corrected chi connectivity index (χ1v) is 18.4. The summed E-state index contributed by atoms with van der Waals surface area (Å²) in [5.74, 6) is -1.27. The summed E-state index contributed by atoms with van der Waals surface area (Å²) in [6.07, 6.45) is 0. The van der Waals surface area contributed by atoms with Gasteiger partial charge >= 0.3 is 21.4 Å². The van der Waals surface area contributed by atoms with Crippen LogP contribution >= 0.6 is 0 Å². The van der Waals surface area contributed by atoms with Crippen molar-refractivity contribution in [3.05, 3.63) is 86.5 Å². The van der Waals surface area contributed by atoms with Crippen LogP contribution in [-0.4, -0.2) is 55.0 Å². The van der Waals surface area contributed by atoms with Gasteiger partial charge < -0.3 is 27.9 Å². The van der Waals surface area contributed by atoms with Gasteiger partial charge in [0, 0.05) is 11.8 Å². The lowest BCUT2D eigenvalue weighted by atomic mass is 9.50. The summed E-state index contributed by atoms with van der Waals surface area (Å²) in [7, 11) is -2.28. The number of nitriles is 3. The topological polar surface area (TPSA) is 127 Å². The molecule has 3 aromatic rings. The maximum atomic E-state index is 10.9. The highest BCUT2D eigenvalue weighted by Crippen LogP contribution is 2.58. The lowest BCUT2D eigenvalue weighted by Gasteiger charge is -2.46. The minimum Gasteiger partial charge on any atom is -0.399 e. The molecule has 9 nitrogen and oxygen atoms in total. The van der Waals surface area contributed by atoms with Gasteiger partial charge in [-0.15, -0.1) is 0 Å². The number of hydrogen-bond acceptors (Lipinski definition) is 9. The minimum absolute atomic E-state index is 0.471. The van der Waals surface area contributed by atoms with Crippen molar-refractivity contribution in [1.82, 2.24) is 0 Å². The highest BCUT2D eigenvalue weighted by molar-refractivity contribution is 6.64. The Labute approximate surface area is 313 Å². The third-order valence-electron chi connectivity index (χ3n) is 13.6. The number of benzene rings is 3. The fraction of sp³-hybridized carbons (Fsp3) is 0.488. The summed E-state index contributed by atoms with van der Waals surface area (Å²) in [6.45, 7) is 24.1. The zero-order valence-electron chi connectivity index (χ0n) is 32.6. The standard InChI is InChI=1S/C41H44B3N3O6/c1-36(2)37(3,4)49-42(48-36)25-16-15-24(21-47)30-31(25)34-28-22(19-45)13-17-26(43-50-38(5,6)39(7,8)51-43)32(28)35(30)33-27(18-14-23(20-46)29(33)34)44-52-40(9,10)41(11,12)53-44/h13-18,34-35H,1-12H3. The quantitative estimate of drug-likeness (QED) is 0.233. The van der Waals surface area contributed by atoms with Crippen molar-refractivity contribution in [1.29, 1.82) is 15.8 Å². The van der Waals surface area contributed by atoms with Crippen LogP contribution in [0, 0.1) is 34.0 Å². The lowest BCUT2D eigenvalue weighted by Crippen LogP contribution is -2.49. The van der Waals surface area contributed by atoms with Crippen molar-refractivity contribution in [2.45, 2.75) is 129 Å². The molecule has 9 rings (SSSR count). The second kappa shape index (κ2) is 11.1. The first-order valence-electron chi connectivity index (χ1n) is 18.4. The molecule has 3 fully saturated rings. The van der Waals surface area contributed by atoms with Crippen LogP contribution in [0.1, 0.15) is 145 Å². The molecule has 3 heterocycles. The van der Waals surface area contributed by atoms with Crippen LogP contribution in [0.4, 0.5) is 0 Å². The Morgan fingerprint density at radius 2 is 0.585 bits per heavy atom. The maximum absolute atomic E-state index is 10.9. The van der Waals surface area contributed by atoms with E-state index in [2.05, 4.69) is 18.2 Å². The van der Waals surface area contributed by atoms with E-state index in [0.29, 0.717) is 16.7 Å². The average molecular weight is 707 g/mol. The van der Waals surface area contributed by atoms with Crippen molar-refractivity contribution in [2.75, 3.05) is 0 Å². The molecule has 268 valence electrons. The largest absolute Gasteiger partial charge is 0.495 e. The van der Waals surface area contributed by atoms with E-state index < -0.39 is 66.8 Å². The summed E-state index contributed by atoms with van der Waals surface area (Å²) in [5.41, 5.74) is 4.74. The highest BCUT2D eigenvalue weighted by Gasteiger charge is 2.59. The molecule has 0 saturated carbocycles. The van der Waals surface area contributed by atoms with Gasteiger partial charge in [0.1, 0.15) is 0 Å². The van der Waals surface area contributed by atoms with Crippen LogP contribution in [0.2, 0.25) is 0 Å². The average Bonchev–Trinajstić information content (AvgIpc) is 3.54. The third kappa shape index (κ3) is 4.79. The Morgan fingerprint density at radius 3 is 0.792 bits per heavy atom. The van der Waals surface area contributed by atoms with Gasteiger partial charge in [0.05, 0.1) is 68.5 Å². The highest BCUT2D eigenvalue weighted by atomic mass is 16.7. The summed E-state index contributed by atoms with van der Waals surface area (Å²) < 4.78 is 40.1. The van der Waals surface area contributed by atoms with E-state index >= 15 is 0 Å². The summed E-state index contributed by atoms with van der Waals surface area (Å²) in [5, 5.41) is 32.5. The molecule has 0 atom stereocenters. The Hall–Kier alpha value is -3.92. The molecule has 12 heteroatoms. The zero-order valence-corrected chi connectivity index (χ0v) is 32.6. The van der Waals surface area contributed by atoms with E-state index in [-0.39, 0.29) is 0 Å². The minimum atomic E-state index is -0.763. The molecule has 6 aliphatic rings. The van der Waals surface area contributed by atoms with Crippen molar-refractivity contribution >= 4 is 37.7 Å². The van der Waals surface area contributed by atoms with Gasteiger partial charge in [0.15, 0.2) is 0 Å². The van der Waals surface area contributed by atoms with Gasteiger partial charge in [-0.3, -0.25) is 0 Å². The van der Waals surface area contributed by atoms with Crippen LogP contribution in [0.5, 0.6) is 0 Å². The van der Waals surface area contributed by atoms with Crippen molar-refractivity contribution in [2.24, 2.45) is 0 Å². The van der Waals surface area contributed by atoms with Gasteiger partial charge in [-0.2, -0.15) is 15.8 Å². The smallest absolute Gasteiger partial charge is 0.399 e. The van der Waals surface area contributed by atoms with E-state index in [4.69, 9.17) is 27.9 Å². The molecule has 3 saturated heterocycles. The Bertz CT molecular complexity index is 2110. The van der Waals surface area contributed by atoms with Crippen LogP contribution in [0.25, 0.3) is 0 Å². The molecule has 53 heavy (non-hydrogen) atoms. The monoisotopic (exact) mass is 707 g/mol. The maximum Gasteiger partial charge on any atom is 0.495 e. The molecular formula is C41H44B3N3O6. The fourth-order valence-corrected chi connectivity index (χ4v) is 8.54. The van der Waals surface area contributed by atoms with E-state index in [1.165, 1.54) is 0 Å². The molecule has 0 aromatic heterocycles. The first-order chi connectivity index (χ1) is 24.6. The third-order valence-corrected chi connectivity index (χ3v) is 13.6. The predicted octanol–water partition coefficient (Wildman–Crippen LogP) is 5.19. The van der Waals surface area contributed by atoms with Gasteiger partial charge in [-0.05, 0) is 151 Å². The van der Waals surface area contributed by atoms with Crippen molar-refractivity contribution in [3.8, 4) is 18.2 Å². The van der Waals surface area contributed by atoms with Crippen molar-refractivity contribution in [3.63, 3.8) is 0 Å². The van der Waals surface area contributed by atoms with E-state index in [1.807, 2.05) is 119 Å². The van der Waals surface area contributed by atoms with Gasteiger partial charge in [0.25, 0.3) is 0 Å². The summed E-state index contributed by atoms with van der Waals surface area (Å²) in [4.78, 5) is 0. The Kier molecular flexibility index (Phi) is 7.54. The van der Waals surface area contributed by atoms with Crippen LogP contribution in [0.3, 0.4) is 0 Å². The number of nitrogens with zero attached hydrogens (tertiary/aromatic N) is 3. The molecule has 0 spiro atoms. The molecule has 3 aliphatic heterocycles. The second-order valence-electron chi connectivity index (χ2n) is 18.1. The summed E-state index contributed by atoms with van der Waals surface area (Å²) in [6, 6.07) is 18.7. The molecule has 2 bridgehead atoms. The first kappa shape index (κ1) is 36.1. The molecule has 3 aromatic carbocycles. The van der Waals surface area contributed by atoms with Crippen LogP contribution in [-0.2, 0) is 27.9 Å². The molecular weight excluding hydrogens is 663 g/mol. The van der Waals surface area contributed by atoms with E-state index in [1.54, 1.807) is 0 Å². The van der Waals surface area contributed by atoms with Gasteiger partial charge in [-0.1, -0.05) is 18.2 Å². The molecule has 3 aliphatic carbocycles. The number of hydrogen-bond donors (Lipinski definition) is 0. The number of rotatable bonds is 3. The van der Waals surface area contributed by atoms with Gasteiger partial charge in [0.2, 0.25) is 0 Å².